The molecule has 0 rings (SSSR count). The van der Waals surface area contributed by atoms with Crippen LogP contribution in [0.4, 0.5) is 0 Å². The topological polar surface area (TPSA) is 93.1 Å². The van der Waals surface area contributed by atoms with Gasteiger partial charge in [-0.2, -0.15) is 0 Å². The lowest BCUT2D eigenvalue weighted by Crippen LogP contribution is -2.18. The fraction of sp³-hybridized carbons (Fsp3) is 1.00. The molecular formula is C8H20O6P2. The van der Waals surface area contributed by atoms with Crippen molar-refractivity contribution in [2.75, 3.05) is 6.16 Å². The Hall–Kier alpha value is 0.300. The summed E-state index contributed by atoms with van der Waals surface area (Å²) in [4.78, 5) is 18.6. The van der Waals surface area contributed by atoms with Gasteiger partial charge in [0.1, 0.15) is 0 Å². The first-order valence-electron chi connectivity index (χ1n) is 4.90. The highest BCUT2D eigenvalue weighted by Crippen LogP contribution is 2.61. The van der Waals surface area contributed by atoms with Crippen molar-refractivity contribution in [2.45, 2.75) is 40.2 Å². The van der Waals surface area contributed by atoms with Crippen molar-refractivity contribution in [1.82, 2.24) is 0 Å². The Morgan fingerprint density at radius 1 is 1.19 bits per heavy atom. The summed E-state index contributed by atoms with van der Waals surface area (Å²) in [5, 5.41) is 0. The van der Waals surface area contributed by atoms with E-state index in [2.05, 4.69) is 4.31 Å². The third-order valence-electron chi connectivity index (χ3n) is 1.22. The Kier molecular flexibility index (Phi) is 5.40. The van der Waals surface area contributed by atoms with Gasteiger partial charge < -0.3 is 9.79 Å². The van der Waals surface area contributed by atoms with Crippen molar-refractivity contribution in [3.63, 3.8) is 0 Å². The zero-order valence-electron chi connectivity index (χ0n) is 10.2. The van der Waals surface area contributed by atoms with Crippen LogP contribution in [0.2, 0.25) is 0 Å². The Balaban J connectivity index is 4.59. The molecule has 6 nitrogen and oxygen atoms in total. The quantitative estimate of drug-likeness (QED) is 0.749. The van der Waals surface area contributed by atoms with Gasteiger partial charge in [-0.15, -0.1) is 0 Å². The SMILES string of the molecule is CC(C)CP(=O)(O)OP(=O)(O)OC(C)(C)C. The van der Waals surface area contributed by atoms with Crippen LogP contribution in [0.1, 0.15) is 34.6 Å². The van der Waals surface area contributed by atoms with Crippen LogP contribution in [-0.2, 0) is 18.0 Å². The Morgan fingerprint density at radius 2 is 1.62 bits per heavy atom. The Bertz CT molecular complexity index is 319. The molecule has 0 heterocycles. The molecule has 16 heavy (non-hydrogen) atoms. The van der Waals surface area contributed by atoms with E-state index in [0.29, 0.717) is 0 Å². The van der Waals surface area contributed by atoms with Crippen LogP contribution in [-0.4, -0.2) is 21.5 Å². The Labute approximate surface area is 96.1 Å². The highest BCUT2D eigenvalue weighted by atomic mass is 31.3. The number of rotatable bonds is 5. The predicted molar refractivity (Wildman–Crippen MR) is 61.3 cm³/mol. The molecule has 2 N–H and O–H groups in total. The molecule has 0 aliphatic heterocycles. The summed E-state index contributed by atoms with van der Waals surface area (Å²) in [7, 11) is -8.60. The molecule has 0 aromatic rings. The summed E-state index contributed by atoms with van der Waals surface area (Å²) >= 11 is 0. The van der Waals surface area contributed by atoms with Crippen molar-refractivity contribution >= 4 is 15.4 Å². The highest BCUT2D eigenvalue weighted by molar-refractivity contribution is 7.64. The maximum absolute atomic E-state index is 11.4. The molecule has 2 unspecified atom stereocenters. The van der Waals surface area contributed by atoms with Crippen molar-refractivity contribution < 1.29 is 27.8 Å². The largest absolute Gasteiger partial charge is 0.479 e. The third kappa shape index (κ3) is 8.45. The van der Waals surface area contributed by atoms with Crippen molar-refractivity contribution in [3.05, 3.63) is 0 Å². The van der Waals surface area contributed by atoms with Gasteiger partial charge in [-0.25, -0.2) is 8.88 Å². The van der Waals surface area contributed by atoms with Gasteiger partial charge in [0, 0.05) is 0 Å². The maximum Gasteiger partial charge on any atom is 0.479 e. The lowest BCUT2D eigenvalue weighted by Gasteiger charge is -2.24. The smallest absolute Gasteiger partial charge is 0.324 e. The van der Waals surface area contributed by atoms with Gasteiger partial charge in [0.05, 0.1) is 11.8 Å². The minimum atomic E-state index is -4.50. The first-order valence-corrected chi connectivity index (χ1v) is 8.15. The molecule has 0 aliphatic rings. The van der Waals surface area contributed by atoms with Gasteiger partial charge >= 0.3 is 15.4 Å². The highest BCUT2D eigenvalue weighted by Gasteiger charge is 2.37. The van der Waals surface area contributed by atoms with Crippen molar-refractivity contribution in [3.8, 4) is 0 Å². The normalized spacial score (nSPS) is 20.5. The van der Waals surface area contributed by atoms with Crippen LogP contribution in [0.15, 0.2) is 0 Å². The second-order valence-corrected chi connectivity index (χ2v) is 8.38. The molecule has 0 aromatic heterocycles. The van der Waals surface area contributed by atoms with Gasteiger partial charge in [-0.1, -0.05) is 13.8 Å². The lowest BCUT2D eigenvalue weighted by molar-refractivity contribution is 0.0828. The molecule has 0 aliphatic carbocycles. The van der Waals surface area contributed by atoms with Crippen LogP contribution in [0.3, 0.4) is 0 Å². The average molecular weight is 274 g/mol. The molecule has 0 spiro atoms. The summed E-state index contributed by atoms with van der Waals surface area (Å²) in [5.41, 5.74) is -0.928. The Morgan fingerprint density at radius 3 is 1.94 bits per heavy atom. The van der Waals surface area contributed by atoms with E-state index in [9.17, 15) is 18.9 Å². The van der Waals surface area contributed by atoms with E-state index in [-0.39, 0.29) is 12.1 Å². The summed E-state index contributed by atoms with van der Waals surface area (Å²) in [6.07, 6.45) is -0.189. The first-order chi connectivity index (χ1) is 6.83. The number of phosphoric acid groups is 1. The number of hydrogen-bond donors (Lipinski definition) is 2. The van der Waals surface area contributed by atoms with E-state index in [1.54, 1.807) is 34.6 Å². The van der Waals surface area contributed by atoms with Crippen LogP contribution in [0.5, 0.6) is 0 Å². The predicted octanol–water partition coefficient (Wildman–Crippen LogP) is 2.76. The van der Waals surface area contributed by atoms with Crippen LogP contribution in [0.25, 0.3) is 0 Å². The molecular weight excluding hydrogens is 254 g/mol. The zero-order valence-corrected chi connectivity index (χ0v) is 12.0. The molecule has 0 amide bonds. The second-order valence-electron chi connectivity index (χ2n) is 4.97. The molecule has 0 fully saturated rings. The first kappa shape index (κ1) is 16.3. The molecule has 8 heteroatoms. The van der Waals surface area contributed by atoms with E-state index < -0.39 is 21.0 Å². The summed E-state index contributed by atoms with van der Waals surface area (Å²) < 4.78 is 31.9. The van der Waals surface area contributed by atoms with Gasteiger partial charge in [0.15, 0.2) is 0 Å². The summed E-state index contributed by atoms with van der Waals surface area (Å²) in [5.74, 6) is -0.120. The molecule has 0 saturated carbocycles. The van der Waals surface area contributed by atoms with Gasteiger partial charge in [-0.3, -0.25) is 9.09 Å². The van der Waals surface area contributed by atoms with Crippen molar-refractivity contribution in [1.29, 1.82) is 0 Å². The summed E-state index contributed by atoms with van der Waals surface area (Å²) in [6.45, 7) is 8.05. The molecule has 0 saturated heterocycles. The summed E-state index contributed by atoms with van der Waals surface area (Å²) in [6, 6.07) is 0. The number of hydrogen-bond acceptors (Lipinski definition) is 4. The average Bonchev–Trinajstić information content (AvgIpc) is 1.69. The molecule has 2 atom stereocenters. The number of phosphoric ester groups is 1. The van der Waals surface area contributed by atoms with Crippen LogP contribution >= 0.6 is 15.4 Å². The van der Waals surface area contributed by atoms with E-state index in [1.165, 1.54) is 0 Å². The third-order valence-corrected chi connectivity index (χ3v) is 5.03. The van der Waals surface area contributed by atoms with Crippen LogP contribution < -0.4 is 0 Å². The van der Waals surface area contributed by atoms with Gasteiger partial charge in [0.2, 0.25) is 0 Å². The van der Waals surface area contributed by atoms with E-state index in [1.807, 2.05) is 0 Å². The van der Waals surface area contributed by atoms with E-state index in [4.69, 9.17) is 4.52 Å². The lowest BCUT2D eigenvalue weighted by atomic mass is 10.2. The molecule has 98 valence electrons. The monoisotopic (exact) mass is 274 g/mol. The maximum atomic E-state index is 11.4. The van der Waals surface area contributed by atoms with Gasteiger partial charge in [0.25, 0.3) is 0 Å². The second kappa shape index (κ2) is 5.30. The molecule has 0 radical (unpaired) electrons. The van der Waals surface area contributed by atoms with Crippen molar-refractivity contribution in [2.24, 2.45) is 5.92 Å². The van der Waals surface area contributed by atoms with Crippen LogP contribution in [0, 0.1) is 5.92 Å². The zero-order chi connectivity index (χ0) is 13.2. The van der Waals surface area contributed by atoms with Gasteiger partial charge in [-0.05, 0) is 26.7 Å². The molecule has 0 bridgehead atoms. The fourth-order valence-corrected chi connectivity index (χ4v) is 4.32. The molecule has 0 aromatic carbocycles. The minimum absolute atomic E-state index is 0.120. The standard InChI is InChI=1S/C8H20O6P2/c1-7(2)6-15(9,10)14-16(11,12)13-8(3,4)5/h7H,6H2,1-5H3,(H,9,10)(H,11,12). The fourth-order valence-electron chi connectivity index (χ4n) is 1.02. The minimum Gasteiger partial charge on any atom is -0.324 e. The van der Waals surface area contributed by atoms with E-state index >= 15 is 0 Å². The van der Waals surface area contributed by atoms with E-state index in [0.717, 1.165) is 0 Å².